The Balaban J connectivity index is 1.65. The fourth-order valence-electron chi connectivity index (χ4n) is 5.01. The number of rotatable bonds is 7. The van der Waals surface area contributed by atoms with Gasteiger partial charge in [0.2, 0.25) is 11.8 Å². The molecule has 0 aliphatic carbocycles. The molecule has 8 nitrogen and oxygen atoms in total. The maximum Gasteiger partial charge on any atom is 0.334 e. The Morgan fingerprint density at radius 1 is 1.08 bits per heavy atom. The van der Waals surface area contributed by atoms with Gasteiger partial charge in [0.25, 0.3) is 0 Å². The number of carbonyl (C=O) groups is 3. The Kier molecular flexibility index (Phi) is 8.16. The quantitative estimate of drug-likeness (QED) is 0.615. The van der Waals surface area contributed by atoms with Gasteiger partial charge in [-0.25, -0.2) is 14.8 Å². The Hall–Kier alpha value is -3.10. The number of nitrogens with one attached hydrogen (secondary N) is 1. The van der Waals surface area contributed by atoms with E-state index < -0.39 is 12.2 Å². The molecule has 36 heavy (non-hydrogen) atoms. The van der Waals surface area contributed by atoms with Gasteiger partial charge in [-0.05, 0) is 29.2 Å². The molecule has 2 aromatic rings. The highest BCUT2D eigenvalue weighted by Gasteiger charge is 2.52. The Bertz CT molecular complexity index is 1100. The van der Waals surface area contributed by atoms with Crippen LogP contribution in [0, 0.1) is 5.92 Å². The molecule has 2 saturated heterocycles. The third-order valence-corrected chi connectivity index (χ3v) is 7.30. The summed E-state index contributed by atoms with van der Waals surface area (Å²) in [6.07, 6.45) is 0.133. The van der Waals surface area contributed by atoms with Crippen molar-refractivity contribution in [3.63, 3.8) is 0 Å². The Morgan fingerprint density at radius 2 is 1.81 bits per heavy atom. The summed E-state index contributed by atoms with van der Waals surface area (Å²) in [7, 11) is 0. The number of carbonyl (C=O) groups excluding carboxylic acids is 3. The van der Waals surface area contributed by atoms with Gasteiger partial charge in [-0.1, -0.05) is 81.3 Å². The lowest BCUT2D eigenvalue weighted by atomic mass is 9.92. The van der Waals surface area contributed by atoms with Gasteiger partial charge in [-0.15, -0.1) is 0 Å². The highest BCUT2D eigenvalue weighted by Crippen LogP contribution is 2.31. The standard InChI is InChI=1S/C27H34ClN5O3/c1-4-19(3)25-26(35)30(16-21-12-9-13-22(28)14-21)17-23-32(25)24(34)18-31(5-2)33(23)27(36)29-15-20-10-7-6-8-11-20/h6-14,19,23,25H,4-5,15-18H2,1-3H3,(H,29,36)/t19?,23-,25-/m0/s1. The molecule has 2 fully saturated rings. The third-order valence-electron chi connectivity index (χ3n) is 7.07. The van der Waals surface area contributed by atoms with E-state index in [4.69, 9.17) is 11.6 Å². The molecule has 4 amide bonds. The van der Waals surface area contributed by atoms with E-state index in [1.165, 1.54) is 0 Å². The van der Waals surface area contributed by atoms with Crippen LogP contribution in [-0.4, -0.2) is 69.5 Å². The van der Waals surface area contributed by atoms with Crippen LogP contribution in [-0.2, 0) is 22.7 Å². The molecule has 2 aliphatic rings. The van der Waals surface area contributed by atoms with Crippen LogP contribution in [0.5, 0.6) is 0 Å². The van der Waals surface area contributed by atoms with E-state index in [1.807, 2.05) is 69.3 Å². The molecule has 0 saturated carbocycles. The van der Waals surface area contributed by atoms with Crippen LogP contribution >= 0.6 is 11.6 Å². The molecule has 0 radical (unpaired) electrons. The van der Waals surface area contributed by atoms with Crippen molar-refractivity contribution in [3.05, 3.63) is 70.7 Å². The highest BCUT2D eigenvalue weighted by molar-refractivity contribution is 6.30. The number of fused-ring (bicyclic) bond motifs is 1. The van der Waals surface area contributed by atoms with Gasteiger partial charge < -0.3 is 15.1 Å². The lowest BCUT2D eigenvalue weighted by molar-refractivity contribution is -0.193. The van der Waals surface area contributed by atoms with Crippen LogP contribution in [0.4, 0.5) is 4.79 Å². The van der Waals surface area contributed by atoms with Crippen molar-refractivity contribution in [2.45, 2.75) is 52.5 Å². The van der Waals surface area contributed by atoms with Gasteiger partial charge in [0.05, 0.1) is 13.1 Å². The van der Waals surface area contributed by atoms with E-state index in [-0.39, 0.29) is 36.9 Å². The van der Waals surface area contributed by atoms with Crippen molar-refractivity contribution in [2.75, 3.05) is 19.6 Å². The molecule has 9 heteroatoms. The summed E-state index contributed by atoms with van der Waals surface area (Å²) in [4.78, 5) is 44.1. The lowest BCUT2D eigenvalue weighted by Crippen LogP contribution is -2.77. The van der Waals surface area contributed by atoms with Gasteiger partial charge >= 0.3 is 6.03 Å². The molecular weight excluding hydrogens is 478 g/mol. The van der Waals surface area contributed by atoms with Crippen LogP contribution in [0.3, 0.4) is 0 Å². The van der Waals surface area contributed by atoms with E-state index in [9.17, 15) is 14.4 Å². The maximum absolute atomic E-state index is 13.7. The number of halogens is 1. The van der Waals surface area contributed by atoms with Crippen LogP contribution < -0.4 is 5.32 Å². The van der Waals surface area contributed by atoms with Crippen molar-refractivity contribution in [2.24, 2.45) is 5.92 Å². The Labute approximate surface area is 217 Å². The van der Waals surface area contributed by atoms with E-state index in [1.54, 1.807) is 25.9 Å². The van der Waals surface area contributed by atoms with E-state index in [0.29, 0.717) is 24.7 Å². The number of likely N-dealkylation sites (N-methyl/N-ethyl adjacent to an activating group) is 1. The fourth-order valence-corrected chi connectivity index (χ4v) is 5.22. The minimum atomic E-state index is -0.635. The first-order valence-electron chi connectivity index (χ1n) is 12.5. The van der Waals surface area contributed by atoms with E-state index >= 15 is 0 Å². The number of benzene rings is 2. The van der Waals surface area contributed by atoms with Crippen molar-refractivity contribution >= 4 is 29.4 Å². The van der Waals surface area contributed by atoms with Crippen molar-refractivity contribution in [1.29, 1.82) is 0 Å². The minimum Gasteiger partial charge on any atom is -0.333 e. The maximum atomic E-state index is 13.7. The summed E-state index contributed by atoms with van der Waals surface area (Å²) < 4.78 is 0. The minimum absolute atomic E-state index is 0.0558. The normalized spacial score (nSPS) is 21.4. The molecular formula is C27H34ClN5O3. The first-order chi connectivity index (χ1) is 17.3. The van der Waals surface area contributed by atoms with Crippen LogP contribution in [0.2, 0.25) is 5.02 Å². The molecule has 3 atom stereocenters. The van der Waals surface area contributed by atoms with Crippen molar-refractivity contribution < 1.29 is 14.4 Å². The lowest BCUT2D eigenvalue weighted by Gasteiger charge is -2.56. The Morgan fingerprint density at radius 3 is 2.47 bits per heavy atom. The number of hydrazine groups is 1. The molecule has 0 aromatic heterocycles. The fraction of sp³-hybridized carbons (Fsp3) is 0.444. The summed E-state index contributed by atoms with van der Waals surface area (Å²) in [6.45, 7) is 7.42. The second-order valence-corrected chi connectivity index (χ2v) is 9.87. The molecule has 1 unspecified atom stereocenters. The molecule has 0 bridgehead atoms. The zero-order chi connectivity index (χ0) is 25.8. The molecule has 2 aliphatic heterocycles. The zero-order valence-electron chi connectivity index (χ0n) is 21.1. The molecule has 1 N–H and O–H groups in total. The van der Waals surface area contributed by atoms with Crippen LogP contribution in [0.1, 0.15) is 38.3 Å². The van der Waals surface area contributed by atoms with Crippen LogP contribution in [0.25, 0.3) is 0 Å². The summed E-state index contributed by atoms with van der Waals surface area (Å²) >= 11 is 6.19. The average Bonchev–Trinajstić information content (AvgIpc) is 2.88. The summed E-state index contributed by atoms with van der Waals surface area (Å²) in [6, 6.07) is 16.2. The van der Waals surface area contributed by atoms with Gasteiger partial charge in [0.15, 0.2) is 0 Å². The van der Waals surface area contributed by atoms with Gasteiger partial charge in [-0.2, -0.15) is 0 Å². The van der Waals surface area contributed by atoms with Crippen molar-refractivity contribution in [1.82, 2.24) is 25.1 Å². The predicted molar refractivity (Wildman–Crippen MR) is 139 cm³/mol. The molecule has 2 heterocycles. The van der Waals surface area contributed by atoms with Gasteiger partial charge in [0, 0.05) is 24.7 Å². The second-order valence-electron chi connectivity index (χ2n) is 9.43. The molecule has 2 aromatic carbocycles. The largest absolute Gasteiger partial charge is 0.334 e. The van der Waals surface area contributed by atoms with Crippen LogP contribution in [0.15, 0.2) is 54.6 Å². The van der Waals surface area contributed by atoms with E-state index in [0.717, 1.165) is 17.5 Å². The SMILES string of the molecule is CCC(C)[C@H]1C(=O)N(Cc2cccc(Cl)c2)C[C@H]2N1C(=O)CN(CC)N2C(=O)NCc1ccccc1. The number of urea groups is 1. The number of hydrogen-bond acceptors (Lipinski definition) is 4. The summed E-state index contributed by atoms with van der Waals surface area (Å²) in [5.41, 5.74) is 1.89. The van der Waals surface area contributed by atoms with Gasteiger partial charge in [0.1, 0.15) is 12.2 Å². The van der Waals surface area contributed by atoms with E-state index in [2.05, 4.69) is 5.32 Å². The summed E-state index contributed by atoms with van der Waals surface area (Å²) in [5, 5.41) is 7.01. The first-order valence-corrected chi connectivity index (χ1v) is 12.9. The first kappa shape index (κ1) is 26.0. The number of piperazine rings is 1. The van der Waals surface area contributed by atoms with Gasteiger partial charge in [-0.3, -0.25) is 9.59 Å². The number of amides is 4. The number of nitrogens with zero attached hydrogens (tertiary/aromatic N) is 4. The second kappa shape index (κ2) is 11.3. The molecule has 4 rings (SSSR count). The molecule has 0 spiro atoms. The average molecular weight is 512 g/mol. The number of hydrogen-bond donors (Lipinski definition) is 1. The van der Waals surface area contributed by atoms with Crippen molar-refractivity contribution in [3.8, 4) is 0 Å². The zero-order valence-corrected chi connectivity index (χ0v) is 21.8. The summed E-state index contributed by atoms with van der Waals surface area (Å²) in [5.74, 6) is -0.285. The topological polar surface area (TPSA) is 76.2 Å². The third kappa shape index (κ3) is 5.34. The molecule has 192 valence electrons. The predicted octanol–water partition coefficient (Wildman–Crippen LogP) is 3.71. The monoisotopic (exact) mass is 511 g/mol. The highest BCUT2D eigenvalue weighted by atomic mass is 35.5. The smallest absolute Gasteiger partial charge is 0.333 e.